The summed E-state index contributed by atoms with van der Waals surface area (Å²) < 4.78 is 1.65. The summed E-state index contributed by atoms with van der Waals surface area (Å²) in [7, 11) is 0. The first-order valence-electron chi connectivity index (χ1n) is 9.12. The molecule has 0 saturated heterocycles. The van der Waals surface area contributed by atoms with Crippen LogP contribution in [-0.2, 0) is 6.54 Å². The minimum atomic E-state index is -1.04. The molecule has 6 nitrogen and oxygen atoms in total. The van der Waals surface area contributed by atoms with E-state index in [0.717, 1.165) is 30.0 Å². The quantitative estimate of drug-likeness (QED) is 0.623. The molecule has 2 heterocycles. The summed E-state index contributed by atoms with van der Waals surface area (Å²) in [5.41, 5.74) is 1.04. The number of hydrogen-bond acceptors (Lipinski definition) is 5. The predicted molar refractivity (Wildman–Crippen MR) is 114 cm³/mol. The lowest BCUT2D eigenvalue weighted by Gasteiger charge is -2.20. The van der Waals surface area contributed by atoms with Crippen molar-refractivity contribution in [3.63, 3.8) is 0 Å². The van der Waals surface area contributed by atoms with Crippen molar-refractivity contribution in [1.82, 2.24) is 14.5 Å². The highest BCUT2D eigenvalue weighted by molar-refractivity contribution is 7.20. The van der Waals surface area contributed by atoms with Crippen LogP contribution >= 0.6 is 22.9 Å². The van der Waals surface area contributed by atoms with Crippen LogP contribution in [-0.4, -0.2) is 45.2 Å². The van der Waals surface area contributed by atoms with Crippen LogP contribution in [0.4, 0.5) is 0 Å². The number of thiophene rings is 1. The molecular formula is C20H22ClN3O3S. The van der Waals surface area contributed by atoms with Crippen molar-refractivity contribution in [1.29, 1.82) is 0 Å². The van der Waals surface area contributed by atoms with E-state index in [1.807, 2.05) is 12.1 Å². The highest BCUT2D eigenvalue weighted by atomic mass is 35.5. The first kappa shape index (κ1) is 20.5. The van der Waals surface area contributed by atoms with E-state index in [0.29, 0.717) is 39.7 Å². The second-order valence-corrected chi connectivity index (χ2v) is 7.90. The Balaban J connectivity index is 2.23. The highest BCUT2D eigenvalue weighted by Crippen LogP contribution is 2.29. The fraction of sp³-hybridized carbons (Fsp3) is 0.350. The van der Waals surface area contributed by atoms with Crippen LogP contribution in [0.15, 0.2) is 29.1 Å². The number of likely N-dealkylation sites (N-methyl/N-ethyl adjacent to an activating group) is 1. The Bertz CT molecular complexity index is 1070. The molecule has 0 bridgehead atoms. The van der Waals surface area contributed by atoms with Crippen LogP contribution in [0.3, 0.4) is 0 Å². The van der Waals surface area contributed by atoms with Crippen molar-refractivity contribution in [2.75, 3.05) is 19.6 Å². The molecule has 3 aromatic rings. The van der Waals surface area contributed by atoms with Crippen LogP contribution in [0, 0.1) is 6.92 Å². The predicted octanol–water partition coefficient (Wildman–Crippen LogP) is 4.13. The second kappa shape index (κ2) is 8.43. The summed E-state index contributed by atoms with van der Waals surface area (Å²) in [5.74, 6) is -0.512. The van der Waals surface area contributed by atoms with Crippen molar-refractivity contribution >= 4 is 39.1 Å². The molecule has 0 aliphatic rings. The van der Waals surface area contributed by atoms with E-state index in [1.165, 1.54) is 0 Å². The normalized spacial score (nSPS) is 11.5. The molecule has 0 aliphatic heterocycles. The number of carbonyl (C=O) groups is 1. The zero-order chi connectivity index (χ0) is 20.4. The topological polar surface area (TPSA) is 75.4 Å². The lowest BCUT2D eigenvalue weighted by atomic mass is 10.1. The zero-order valence-electron chi connectivity index (χ0n) is 16.0. The number of hydrogen-bond donors (Lipinski definition) is 1. The van der Waals surface area contributed by atoms with Gasteiger partial charge in [-0.15, -0.1) is 11.3 Å². The van der Waals surface area contributed by atoms with Gasteiger partial charge in [-0.3, -0.25) is 9.36 Å². The van der Waals surface area contributed by atoms with Gasteiger partial charge in [0.25, 0.3) is 5.56 Å². The summed E-state index contributed by atoms with van der Waals surface area (Å²) in [5, 5.41) is 10.4. The van der Waals surface area contributed by atoms with E-state index >= 15 is 0 Å². The van der Waals surface area contributed by atoms with Crippen molar-refractivity contribution in [3.8, 4) is 11.4 Å². The number of nitrogens with zero attached hydrogens (tertiary/aromatic N) is 3. The number of aromatic carboxylic acids is 1. The number of aromatic nitrogens is 2. The van der Waals surface area contributed by atoms with Gasteiger partial charge in [-0.1, -0.05) is 25.4 Å². The number of halogens is 1. The largest absolute Gasteiger partial charge is 0.477 e. The van der Waals surface area contributed by atoms with E-state index < -0.39 is 5.97 Å². The molecule has 148 valence electrons. The van der Waals surface area contributed by atoms with Gasteiger partial charge in [-0.05, 0) is 49.8 Å². The molecule has 0 spiro atoms. The van der Waals surface area contributed by atoms with Crippen LogP contribution < -0.4 is 5.56 Å². The minimum Gasteiger partial charge on any atom is -0.477 e. The Morgan fingerprint density at radius 3 is 2.46 bits per heavy atom. The molecule has 0 aliphatic carbocycles. The second-order valence-electron chi connectivity index (χ2n) is 6.47. The lowest BCUT2D eigenvalue weighted by Crippen LogP contribution is -2.32. The van der Waals surface area contributed by atoms with Crippen molar-refractivity contribution in [2.24, 2.45) is 0 Å². The smallest absolute Gasteiger partial charge is 0.346 e. The van der Waals surface area contributed by atoms with Crippen molar-refractivity contribution in [2.45, 2.75) is 27.3 Å². The molecule has 0 amide bonds. The first-order valence-corrected chi connectivity index (χ1v) is 10.3. The van der Waals surface area contributed by atoms with Gasteiger partial charge in [0.1, 0.15) is 15.5 Å². The van der Waals surface area contributed by atoms with E-state index in [1.54, 1.807) is 23.6 Å². The van der Waals surface area contributed by atoms with Gasteiger partial charge in [-0.25, -0.2) is 9.78 Å². The number of carboxylic acid groups (broad SMARTS) is 1. The molecule has 0 unspecified atom stereocenters. The SMILES string of the molecule is CCN(CC)CCn1c(-c2ccc(Cl)cc2)nc2sc(C(=O)O)c(C)c2c1=O. The van der Waals surface area contributed by atoms with E-state index in [4.69, 9.17) is 11.6 Å². The average Bonchev–Trinajstić information content (AvgIpc) is 3.01. The summed E-state index contributed by atoms with van der Waals surface area (Å²) in [6.07, 6.45) is 0. The molecule has 0 atom stereocenters. The Kier molecular flexibility index (Phi) is 6.17. The van der Waals surface area contributed by atoms with Crippen molar-refractivity contribution in [3.05, 3.63) is 50.1 Å². The Morgan fingerprint density at radius 2 is 1.89 bits per heavy atom. The van der Waals surface area contributed by atoms with Crippen LogP contribution in [0.1, 0.15) is 29.1 Å². The van der Waals surface area contributed by atoms with Crippen molar-refractivity contribution < 1.29 is 9.90 Å². The van der Waals surface area contributed by atoms with E-state index in [9.17, 15) is 14.7 Å². The molecule has 0 radical (unpaired) electrons. The molecule has 28 heavy (non-hydrogen) atoms. The molecule has 3 rings (SSSR count). The number of aryl methyl sites for hydroxylation is 1. The molecule has 0 saturated carbocycles. The van der Waals surface area contributed by atoms with E-state index in [-0.39, 0.29) is 10.4 Å². The maximum absolute atomic E-state index is 13.3. The maximum atomic E-state index is 13.3. The Hall–Kier alpha value is -2.22. The van der Waals surface area contributed by atoms with E-state index in [2.05, 4.69) is 23.7 Å². The fourth-order valence-electron chi connectivity index (χ4n) is 3.23. The van der Waals surface area contributed by atoms with Gasteiger partial charge in [-0.2, -0.15) is 0 Å². The van der Waals surface area contributed by atoms with Crippen LogP contribution in [0.2, 0.25) is 5.02 Å². The van der Waals surface area contributed by atoms with Gasteiger partial charge in [0.05, 0.1) is 5.39 Å². The van der Waals surface area contributed by atoms with Crippen LogP contribution in [0.5, 0.6) is 0 Å². The zero-order valence-corrected chi connectivity index (χ0v) is 17.6. The third-order valence-electron chi connectivity index (χ3n) is 4.88. The third-order valence-corrected chi connectivity index (χ3v) is 6.31. The van der Waals surface area contributed by atoms with Gasteiger partial charge in [0, 0.05) is 23.7 Å². The molecule has 2 aromatic heterocycles. The minimum absolute atomic E-state index is 0.156. The summed E-state index contributed by atoms with van der Waals surface area (Å²) in [6, 6.07) is 7.15. The van der Waals surface area contributed by atoms with Gasteiger partial charge >= 0.3 is 5.97 Å². The third kappa shape index (κ3) is 3.83. The first-order chi connectivity index (χ1) is 13.4. The number of fused-ring (bicyclic) bond motifs is 1. The number of carboxylic acids is 1. The fourth-order valence-corrected chi connectivity index (χ4v) is 4.36. The average molecular weight is 420 g/mol. The van der Waals surface area contributed by atoms with Gasteiger partial charge < -0.3 is 10.0 Å². The lowest BCUT2D eigenvalue weighted by molar-refractivity contribution is 0.0701. The molecule has 1 N–H and O–H groups in total. The molecular weight excluding hydrogens is 398 g/mol. The van der Waals surface area contributed by atoms with Crippen LogP contribution in [0.25, 0.3) is 21.6 Å². The van der Waals surface area contributed by atoms with Gasteiger partial charge in [0.2, 0.25) is 0 Å². The summed E-state index contributed by atoms with van der Waals surface area (Å²) >= 11 is 7.05. The van der Waals surface area contributed by atoms with Gasteiger partial charge in [0.15, 0.2) is 0 Å². The summed E-state index contributed by atoms with van der Waals surface area (Å²) in [6.45, 7) is 8.78. The molecule has 8 heteroatoms. The standard InChI is InChI=1S/C20H22ClN3O3S/c1-4-23(5-2)10-11-24-17(13-6-8-14(21)9-7-13)22-18-15(19(24)25)12(3)16(28-18)20(26)27/h6-9H,4-5,10-11H2,1-3H3,(H,26,27). The maximum Gasteiger partial charge on any atom is 0.346 e. The number of rotatable bonds is 7. The highest BCUT2D eigenvalue weighted by Gasteiger charge is 2.22. The molecule has 0 fully saturated rings. The Labute approximate surface area is 172 Å². The summed E-state index contributed by atoms with van der Waals surface area (Å²) in [4.78, 5) is 32.4. The monoisotopic (exact) mass is 419 g/mol. The number of benzene rings is 1. The molecule has 1 aromatic carbocycles. The Morgan fingerprint density at radius 1 is 1.25 bits per heavy atom.